The SMILES string of the molecule is N#C[C@H]1CCC[C@H](Nc2cccc(C(=O)NCc3ccccn3)c2)C1. The van der Waals surface area contributed by atoms with Crippen molar-refractivity contribution < 1.29 is 4.79 Å². The third kappa shape index (κ3) is 4.80. The van der Waals surface area contributed by atoms with Crippen LogP contribution in [-0.2, 0) is 6.54 Å². The zero-order chi connectivity index (χ0) is 17.5. The molecule has 2 atom stereocenters. The lowest BCUT2D eigenvalue weighted by atomic mass is 9.86. The van der Waals surface area contributed by atoms with E-state index in [-0.39, 0.29) is 11.8 Å². The Hall–Kier alpha value is -2.87. The summed E-state index contributed by atoms with van der Waals surface area (Å²) in [7, 11) is 0. The lowest BCUT2D eigenvalue weighted by molar-refractivity contribution is 0.0950. The first kappa shape index (κ1) is 17.0. The Morgan fingerprint density at radius 2 is 2.16 bits per heavy atom. The quantitative estimate of drug-likeness (QED) is 0.877. The number of hydrogen-bond acceptors (Lipinski definition) is 4. The summed E-state index contributed by atoms with van der Waals surface area (Å²) in [5, 5.41) is 15.5. The summed E-state index contributed by atoms with van der Waals surface area (Å²) in [4.78, 5) is 16.6. The summed E-state index contributed by atoms with van der Waals surface area (Å²) in [6.45, 7) is 0.407. The van der Waals surface area contributed by atoms with Gasteiger partial charge in [0.15, 0.2) is 0 Å². The molecule has 1 aromatic heterocycles. The van der Waals surface area contributed by atoms with Crippen molar-refractivity contribution in [1.82, 2.24) is 10.3 Å². The van der Waals surface area contributed by atoms with Crippen LogP contribution < -0.4 is 10.6 Å². The van der Waals surface area contributed by atoms with Gasteiger partial charge < -0.3 is 10.6 Å². The van der Waals surface area contributed by atoms with Crippen LogP contribution >= 0.6 is 0 Å². The van der Waals surface area contributed by atoms with Crippen LogP contribution in [0.5, 0.6) is 0 Å². The molecule has 0 aliphatic heterocycles. The lowest BCUT2D eigenvalue weighted by Gasteiger charge is -2.27. The molecule has 0 spiro atoms. The number of benzene rings is 1. The molecule has 0 radical (unpaired) electrons. The molecule has 5 nitrogen and oxygen atoms in total. The van der Waals surface area contributed by atoms with Crippen molar-refractivity contribution in [2.24, 2.45) is 5.92 Å². The summed E-state index contributed by atoms with van der Waals surface area (Å²) in [5.74, 6) is 0.0175. The largest absolute Gasteiger partial charge is 0.382 e. The first-order chi connectivity index (χ1) is 12.2. The molecule has 1 aromatic carbocycles. The number of carbonyl (C=O) groups is 1. The second-order valence-electron chi connectivity index (χ2n) is 6.42. The van der Waals surface area contributed by atoms with E-state index in [9.17, 15) is 4.79 Å². The van der Waals surface area contributed by atoms with Gasteiger partial charge in [-0.15, -0.1) is 0 Å². The minimum Gasteiger partial charge on any atom is -0.382 e. The Labute approximate surface area is 148 Å². The molecule has 0 saturated heterocycles. The third-order valence-corrected chi connectivity index (χ3v) is 4.51. The van der Waals surface area contributed by atoms with Crippen LogP contribution in [-0.4, -0.2) is 16.9 Å². The Kier molecular flexibility index (Phi) is 5.63. The number of hydrogen-bond donors (Lipinski definition) is 2. The van der Waals surface area contributed by atoms with Crippen LogP contribution in [0.4, 0.5) is 5.69 Å². The molecule has 2 N–H and O–H groups in total. The number of amides is 1. The molecule has 0 bridgehead atoms. The number of pyridine rings is 1. The van der Waals surface area contributed by atoms with Crippen molar-refractivity contribution in [2.75, 3.05) is 5.32 Å². The first-order valence-corrected chi connectivity index (χ1v) is 8.69. The molecule has 2 aromatic rings. The second-order valence-corrected chi connectivity index (χ2v) is 6.42. The Balaban J connectivity index is 1.59. The van der Waals surface area contributed by atoms with E-state index in [2.05, 4.69) is 21.7 Å². The van der Waals surface area contributed by atoms with Gasteiger partial charge >= 0.3 is 0 Å². The van der Waals surface area contributed by atoms with Crippen LogP contribution in [0.15, 0.2) is 48.7 Å². The van der Waals surface area contributed by atoms with E-state index in [0.29, 0.717) is 18.2 Å². The van der Waals surface area contributed by atoms with Crippen LogP contribution in [0.3, 0.4) is 0 Å². The van der Waals surface area contributed by atoms with Gasteiger partial charge in [-0.3, -0.25) is 9.78 Å². The second kappa shape index (κ2) is 8.29. The van der Waals surface area contributed by atoms with Crippen LogP contribution in [0.25, 0.3) is 0 Å². The van der Waals surface area contributed by atoms with Crippen LogP contribution in [0.1, 0.15) is 41.7 Å². The van der Waals surface area contributed by atoms with Crippen molar-refractivity contribution in [3.05, 3.63) is 59.9 Å². The van der Waals surface area contributed by atoms with E-state index in [0.717, 1.165) is 37.1 Å². The number of nitrogens with zero attached hydrogens (tertiary/aromatic N) is 2. The van der Waals surface area contributed by atoms with Crippen molar-refractivity contribution >= 4 is 11.6 Å². The minimum atomic E-state index is -0.118. The van der Waals surface area contributed by atoms with Gasteiger partial charge in [-0.25, -0.2) is 0 Å². The predicted molar refractivity (Wildman–Crippen MR) is 96.8 cm³/mol. The fourth-order valence-corrected chi connectivity index (χ4v) is 3.20. The topological polar surface area (TPSA) is 77.8 Å². The summed E-state index contributed by atoms with van der Waals surface area (Å²) in [6.07, 6.45) is 5.70. The summed E-state index contributed by atoms with van der Waals surface area (Å²) < 4.78 is 0. The normalized spacial score (nSPS) is 19.6. The molecule has 1 fully saturated rings. The van der Waals surface area contributed by atoms with Gasteiger partial charge in [-0.05, 0) is 49.6 Å². The van der Waals surface area contributed by atoms with Gasteiger partial charge in [0, 0.05) is 29.4 Å². The molecule has 25 heavy (non-hydrogen) atoms. The molecule has 1 aliphatic rings. The van der Waals surface area contributed by atoms with E-state index in [1.807, 2.05) is 36.4 Å². The maximum atomic E-state index is 12.4. The number of carbonyl (C=O) groups excluding carboxylic acids is 1. The number of anilines is 1. The van der Waals surface area contributed by atoms with E-state index in [1.54, 1.807) is 12.3 Å². The number of nitriles is 1. The van der Waals surface area contributed by atoms with Gasteiger partial charge in [0.25, 0.3) is 5.91 Å². The zero-order valence-electron chi connectivity index (χ0n) is 14.1. The standard InChI is InChI=1S/C20H22N4O/c21-13-15-5-3-8-17(11-15)24-18-9-4-6-16(12-18)20(25)23-14-19-7-1-2-10-22-19/h1-2,4,6-7,9-10,12,15,17,24H,3,5,8,11,14H2,(H,23,25)/t15-,17-/m0/s1. The van der Waals surface area contributed by atoms with Gasteiger partial charge in [0.2, 0.25) is 0 Å². The summed E-state index contributed by atoms with van der Waals surface area (Å²) in [6, 6.07) is 15.8. The monoisotopic (exact) mass is 334 g/mol. The van der Waals surface area contributed by atoms with Crippen molar-refractivity contribution in [3.63, 3.8) is 0 Å². The number of rotatable bonds is 5. The fourth-order valence-electron chi connectivity index (χ4n) is 3.20. The third-order valence-electron chi connectivity index (χ3n) is 4.51. The summed E-state index contributed by atoms with van der Waals surface area (Å²) in [5.41, 5.74) is 2.37. The Bertz CT molecular complexity index is 754. The van der Waals surface area contributed by atoms with Gasteiger partial charge in [-0.2, -0.15) is 5.26 Å². The van der Waals surface area contributed by atoms with E-state index in [1.165, 1.54) is 0 Å². The van der Waals surface area contributed by atoms with Crippen LogP contribution in [0, 0.1) is 17.2 Å². The summed E-state index contributed by atoms with van der Waals surface area (Å²) >= 11 is 0. The molecule has 0 unspecified atom stereocenters. The molecular formula is C20H22N4O. The van der Waals surface area contributed by atoms with Gasteiger partial charge in [0.05, 0.1) is 18.3 Å². The Morgan fingerprint density at radius 1 is 1.24 bits per heavy atom. The number of nitrogens with one attached hydrogen (secondary N) is 2. The molecule has 3 rings (SSSR count). The molecule has 128 valence electrons. The average molecular weight is 334 g/mol. The van der Waals surface area contributed by atoms with E-state index < -0.39 is 0 Å². The predicted octanol–water partition coefficient (Wildman–Crippen LogP) is 3.51. The highest BCUT2D eigenvalue weighted by Gasteiger charge is 2.21. The highest BCUT2D eigenvalue weighted by atomic mass is 16.1. The maximum absolute atomic E-state index is 12.4. The molecule has 5 heteroatoms. The van der Waals surface area contributed by atoms with Crippen molar-refractivity contribution in [1.29, 1.82) is 5.26 Å². The number of aromatic nitrogens is 1. The van der Waals surface area contributed by atoms with Gasteiger partial charge in [0.1, 0.15) is 0 Å². The van der Waals surface area contributed by atoms with Gasteiger partial charge in [-0.1, -0.05) is 18.6 Å². The van der Waals surface area contributed by atoms with E-state index >= 15 is 0 Å². The first-order valence-electron chi connectivity index (χ1n) is 8.69. The molecular weight excluding hydrogens is 312 g/mol. The smallest absolute Gasteiger partial charge is 0.251 e. The fraction of sp³-hybridized carbons (Fsp3) is 0.350. The zero-order valence-corrected chi connectivity index (χ0v) is 14.1. The molecule has 1 saturated carbocycles. The van der Waals surface area contributed by atoms with E-state index in [4.69, 9.17) is 5.26 Å². The molecule has 1 heterocycles. The highest BCUT2D eigenvalue weighted by molar-refractivity contribution is 5.95. The maximum Gasteiger partial charge on any atom is 0.251 e. The molecule has 1 aliphatic carbocycles. The minimum absolute atomic E-state index is 0.118. The van der Waals surface area contributed by atoms with Crippen molar-refractivity contribution in [2.45, 2.75) is 38.3 Å². The van der Waals surface area contributed by atoms with Crippen molar-refractivity contribution in [3.8, 4) is 6.07 Å². The highest BCUT2D eigenvalue weighted by Crippen LogP contribution is 2.26. The lowest BCUT2D eigenvalue weighted by Crippen LogP contribution is -2.27. The molecule has 1 amide bonds. The Morgan fingerprint density at radius 3 is 2.96 bits per heavy atom. The van der Waals surface area contributed by atoms with Crippen LogP contribution in [0.2, 0.25) is 0 Å². The average Bonchev–Trinajstić information content (AvgIpc) is 2.67.